The molecule has 2 aromatic carbocycles. The van der Waals surface area contributed by atoms with Crippen molar-refractivity contribution in [3.05, 3.63) is 70.8 Å². The Bertz CT molecular complexity index is 850. The number of hydrogen-bond acceptors (Lipinski definition) is 5. The van der Waals surface area contributed by atoms with Gasteiger partial charge in [-0.15, -0.1) is 0 Å². The number of fused-ring (bicyclic) bond motifs is 1. The zero-order valence-corrected chi connectivity index (χ0v) is 14.9. The van der Waals surface area contributed by atoms with Crippen molar-refractivity contribution >= 4 is 17.8 Å². The first-order valence-corrected chi connectivity index (χ1v) is 9.15. The smallest absolute Gasteiger partial charge is 0.324 e. The van der Waals surface area contributed by atoms with E-state index in [0.29, 0.717) is 10.6 Å². The van der Waals surface area contributed by atoms with Gasteiger partial charge in [0, 0.05) is 6.54 Å². The quantitative estimate of drug-likeness (QED) is 0.780. The lowest BCUT2D eigenvalue weighted by molar-refractivity contribution is -0.0584. The third-order valence-electron chi connectivity index (χ3n) is 4.98. The molecule has 0 spiro atoms. The maximum atomic E-state index is 12.4. The fraction of sp³-hybridized carbons (Fsp3) is 0.286. The van der Waals surface area contributed by atoms with E-state index in [1.807, 2.05) is 12.1 Å². The molecule has 0 atom stereocenters. The molecule has 138 valence electrons. The number of carbonyl (C=O) groups is 3. The van der Waals surface area contributed by atoms with Crippen molar-refractivity contribution in [2.24, 2.45) is 0 Å². The number of nitrogens with zero attached hydrogens (tertiary/aromatic N) is 2. The predicted octanol–water partition coefficient (Wildman–Crippen LogP) is 3.04. The Balaban J connectivity index is 1.41. The van der Waals surface area contributed by atoms with Crippen molar-refractivity contribution in [3.63, 3.8) is 0 Å². The van der Waals surface area contributed by atoms with Crippen LogP contribution in [0.15, 0.2) is 48.5 Å². The van der Waals surface area contributed by atoms with E-state index in [1.54, 1.807) is 36.4 Å². The van der Waals surface area contributed by atoms with Crippen molar-refractivity contribution in [2.75, 3.05) is 13.1 Å². The summed E-state index contributed by atoms with van der Waals surface area (Å²) in [6.45, 7) is 3.06. The fourth-order valence-corrected chi connectivity index (χ4v) is 3.51. The lowest BCUT2D eigenvalue weighted by atomic mass is 10.1. The van der Waals surface area contributed by atoms with E-state index in [0.717, 1.165) is 25.2 Å². The zero-order valence-electron chi connectivity index (χ0n) is 14.9. The second kappa shape index (κ2) is 7.32. The van der Waals surface area contributed by atoms with Gasteiger partial charge in [0.05, 0.1) is 16.7 Å². The minimum Gasteiger partial charge on any atom is -0.324 e. The molecule has 1 saturated heterocycles. The minimum absolute atomic E-state index is 0.243. The summed E-state index contributed by atoms with van der Waals surface area (Å²) in [6, 6.07) is 13.5. The van der Waals surface area contributed by atoms with Gasteiger partial charge in [-0.1, -0.05) is 35.7 Å². The third-order valence-corrected chi connectivity index (χ3v) is 4.98. The summed E-state index contributed by atoms with van der Waals surface area (Å²) in [5, 5.41) is 0.536. The second-order valence-corrected chi connectivity index (χ2v) is 6.86. The molecule has 1 fully saturated rings. The van der Waals surface area contributed by atoms with Crippen molar-refractivity contribution in [1.82, 2.24) is 9.96 Å². The van der Waals surface area contributed by atoms with Crippen molar-refractivity contribution in [3.8, 4) is 0 Å². The number of hydrogen-bond donors (Lipinski definition) is 0. The zero-order chi connectivity index (χ0) is 18.8. The van der Waals surface area contributed by atoms with Gasteiger partial charge >= 0.3 is 5.97 Å². The highest BCUT2D eigenvalue weighted by atomic mass is 16.7. The highest BCUT2D eigenvalue weighted by Gasteiger charge is 2.38. The number of likely N-dealkylation sites (tertiary alicyclic amines) is 1. The topological polar surface area (TPSA) is 66.9 Å². The monoisotopic (exact) mass is 364 g/mol. The van der Waals surface area contributed by atoms with Gasteiger partial charge in [-0.2, -0.15) is 0 Å². The van der Waals surface area contributed by atoms with Gasteiger partial charge in [0.15, 0.2) is 0 Å². The molecule has 2 aromatic rings. The van der Waals surface area contributed by atoms with Gasteiger partial charge in [-0.3, -0.25) is 14.5 Å². The van der Waals surface area contributed by atoms with Crippen LogP contribution in [0.25, 0.3) is 0 Å². The van der Waals surface area contributed by atoms with Crippen LogP contribution in [0.2, 0.25) is 0 Å². The van der Waals surface area contributed by atoms with Crippen molar-refractivity contribution in [2.45, 2.75) is 25.8 Å². The van der Waals surface area contributed by atoms with Gasteiger partial charge < -0.3 is 4.84 Å². The van der Waals surface area contributed by atoms with Gasteiger partial charge in [0.2, 0.25) is 0 Å². The highest BCUT2D eigenvalue weighted by Crippen LogP contribution is 2.23. The molecule has 6 nitrogen and oxygen atoms in total. The van der Waals surface area contributed by atoms with E-state index in [-0.39, 0.29) is 11.1 Å². The maximum absolute atomic E-state index is 12.4. The van der Waals surface area contributed by atoms with Crippen LogP contribution in [0.1, 0.15) is 55.9 Å². The molecule has 2 aliphatic rings. The number of carbonyl (C=O) groups excluding carboxylic acids is 3. The van der Waals surface area contributed by atoms with E-state index in [9.17, 15) is 14.4 Å². The summed E-state index contributed by atoms with van der Waals surface area (Å²) in [7, 11) is 0. The van der Waals surface area contributed by atoms with Gasteiger partial charge in [0.25, 0.3) is 11.8 Å². The maximum Gasteiger partial charge on any atom is 0.363 e. The molecule has 4 rings (SSSR count). The summed E-state index contributed by atoms with van der Waals surface area (Å²) >= 11 is 0. The number of hydroxylamine groups is 2. The predicted molar refractivity (Wildman–Crippen MR) is 97.9 cm³/mol. The van der Waals surface area contributed by atoms with E-state index < -0.39 is 17.8 Å². The summed E-state index contributed by atoms with van der Waals surface area (Å²) < 4.78 is 0. The van der Waals surface area contributed by atoms with E-state index in [4.69, 9.17) is 4.84 Å². The number of benzene rings is 2. The molecule has 0 aromatic heterocycles. The van der Waals surface area contributed by atoms with Crippen molar-refractivity contribution < 1.29 is 19.2 Å². The first kappa shape index (κ1) is 17.4. The van der Waals surface area contributed by atoms with Crippen LogP contribution < -0.4 is 0 Å². The average molecular weight is 364 g/mol. The Morgan fingerprint density at radius 1 is 0.852 bits per heavy atom. The highest BCUT2D eigenvalue weighted by molar-refractivity contribution is 6.21. The molecule has 0 N–H and O–H groups in total. The van der Waals surface area contributed by atoms with Crippen LogP contribution in [0.4, 0.5) is 0 Å². The molecular formula is C21H20N2O4. The first-order valence-electron chi connectivity index (χ1n) is 9.15. The Kier molecular flexibility index (Phi) is 4.73. The number of piperidine rings is 1. The largest absolute Gasteiger partial charge is 0.363 e. The van der Waals surface area contributed by atoms with Crippen LogP contribution in [0, 0.1) is 0 Å². The molecule has 0 unspecified atom stereocenters. The van der Waals surface area contributed by atoms with E-state index in [2.05, 4.69) is 4.90 Å². The average Bonchev–Trinajstić information content (AvgIpc) is 2.94. The SMILES string of the molecule is O=C(ON1C(=O)c2ccccc2C1=O)c1ccc(CN2CCCCC2)cc1. The Morgan fingerprint density at radius 3 is 2.04 bits per heavy atom. The van der Waals surface area contributed by atoms with Crippen LogP contribution in [0.3, 0.4) is 0 Å². The molecule has 6 heteroatoms. The van der Waals surface area contributed by atoms with E-state index in [1.165, 1.54) is 19.3 Å². The second-order valence-electron chi connectivity index (χ2n) is 6.86. The number of imide groups is 1. The summed E-state index contributed by atoms with van der Waals surface area (Å²) in [5.74, 6) is -1.97. The summed E-state index contributed by atoms with van der Waals surface area (Å²) in [4.78, 5) is 44.4. The minimum atomic E-state index is -0.728. The lowest BCUT2D eigenvalue weighted by Gasteiger charge is -2.26. The normalized spacial score (nSPS) is 17.1. The molecule has 0 saturated carbocycles. The fourth-order valence-electron chi connectivity index (χ4n) is 3.51. The molecule has 2 heterocycles. The lowest BCUT2D eigenvalue weighted by Crippen LogP contribution is -2.32. The molecule has 0 aliphatic carbocycles. The third kappa shape index (κ3) is 3.48. The number of amides is 2. The Labute approximate surface area is 157 Å². The molecule has 27 heavy (non-hydrogen) atoms. The Morgan fingerprint density at radius 2 is 1.44 bits per heavy atom. The van der Waals surface area contributed by atoms with Crippen molar-refractivity contribution in [1.29, 1.82) is 0 Å². The van der Waals surface area contributed by atoms with Gasteiger partial charge in [0.1, 0.15) is 0 Å². The van der Waals surface area contributed by atoms with Crippen LogP contribution in [-0.4, -0.2) is 40.8 Å². The van der Waals surface area contributed by atoms with Crippen LogP contribution in [-0.2, 0) is 11.4 Å². The van der Waals surface area contributed by atoms with Crippen LogP contribution in [0.5, 0.6) is 0 Å². The summed E-state index contributed by atoms with van der Waals surface area (Å²) in [6.07, 6.45) is 3.74. The summed E-state index contributed by atoms with van der Waals surface area (Å²) in [5.41, 5.74) is 1.91. The Hall–Kier alpha value is -2.99. The van der Waals surface area contributed by atoms with Crippen LogP contribution >= 0.6 is 0 Å². The van der Waals surface area contributed by atoms with E-state index >= 15 is 0 Å². The van der Waals surface area contributed by atoms with Gasteiger partial charge in [-0.05, 0) is 55.8 Å². The molecule has 2 aliphatic heterocycles. The molecular weight excluding hydrogens is 344 g/mol. The molecule has 0 bridgehead atoms. The molecule has 0 radical (unpaired) electrons. The first-order chi connectivity index (χ1) is 13.1. The number of rotatable bonds is 4. The standard InChI is InChI=1S/C21H20N2O4/c24-19-17-6-2-3-7-18(17)20(25)23(19)27-21(26)16-10-8-15(9-11-16)14-22-12-4-1-5-13-22/h2-3,6-11H,1,4-5,12-14H2. The molecule has 2 amide bonds. The van der Waals surface area contributed by atoms with Gasteiger partial charge in [-0.25, -0.2) is 4.79 Å².